The Hall–Kier alpha value is -0.900. The van der Waals surface area contributed by atoms with E-state index in [9.17, 15) is 9.59 Å². The smallest absolute Gasteiger partial charge is 0.220 e. The third-order valence-electron chi connectivity index (χ3n) is 1.46. The van der Waals surface area contributed by atoms with E-state index in [0.717, 1.165) is 0 Å². The number of hydrogen-bond donors (Lipinski definition) is 2. The zero-order chi connectivity index (χ0) is 7.56. The van der Waals surface area contributed by atoms with Gasteiger partial charge in [-0.1, -0.05) is 0 Å². The van der Waals surface area contributed by atoms with Crippen molar-refractivity contribution in [2.45, 2.75) is 18.9 Å². The van der Waals surface area contributed by atoms with Crippen LogP contribution >= 0.6 is 0 Å². The van der Waals surface area contributed by atoms with Crippen LogP contribution in [-0.4, -0.2) is 29.4 Å². The van der Waals surface area contributed by atoms with Gasteiger partial charge in [0.1, 0.15) is 6.10 Å². The van der Waals surface area contributed by atoms with Crippen molar-refractivity contribution in [1.29, 1.82) is 0 Å². The molecule has 0 saturated carbocycles. The number of aliphatic hydroxyl groups excluding tert-OH is 1. The number of hydrogen-bond acceptors (Lipinski definition) is 3. The molecule has 2 N–H and O–H groups in total. The van der Waals surface area contributed by atoms with Crippen LogP contribution in [0.15, 0.2) is 0 Å². The summed E-state index contributed by atoms with van der Waals surface area (Å²) in [6.45, 7) is 0.0671. The van der Waals surface area contributed by atoms with E-state index in [1.165, 1.54) is 0 Å². The molecule has 10 heavy (non-hydrogen) atoms. The minimum absolute atomic E-state index is 0.0671. The summed E-state index contributed by atoms with van der Waals surface area (Å²) in [5.41, 5.74) is 0. The molecule has 1 aliphatic heterocycles. The Labute approximate surface area is 58.2 Å². The summed E-state index contributed by atoms with van der Waals surface area (Å²) in [7, 11) is 0. The molecule has 4 nitrogen and oxygen atoms in total. The summed E-state index contributed by atoms with van der Waals surface area (Å²) in [4.78, 5) is 21.3. The molecule has 1 aliphatic rings. The van der Waals surface area contributed by atoms with Gasteiger partial charge in [0, 0.05) is 12.8 Å². The van der Waals surface area contributed by atoms with E-state index in [0.29, 0.717) is 0 Å². The van der Waals surface area contributed by atoms with Gasteiger partial charge >= 0.3 is 0 Å². The predicted molar refractivity (Wildman–Crippen MR) is 33.3 cm³/mol. The molecule has 0 radical (unpaired) electrons. The second-order valence-electron chi connectivity index (χ2n) is 2.29. The topological polar surface area (TPSA) is 66.4 Å². The van der Waals surface area contributed by atoms with Crippen LogP contribution in [0, 0.1) is 0 Å². The molecule has 0 spiro atoms. The fourth-order valence-electron chi connectivity index (χ4n) is 0.816. The Morgan fingerprint density at radius 1 is 1.40 bits per heavy atom. The molecule has 4 heteroatoms. The van der Waals surface area contributed by atoms with Gasteiger partial charge in [-0.15, -0.1) is 0 Å². The van der Waals surface area contributed by atoms with Crippen LogP contribution in [0.1, 0.15) is 12.8 Å². The number of carbonyl (C=O) groups is 2. The number of nitrogens with one attached hydrogen (secondary N) is 1. The maximum atomic E-state index is 10.7. The molecular formula is C6H9NO3. The minimum Gasteiger partial charge on any atom is -0.383 e. The molecule has 1 fully saturated rings. The highest BCUT2D eigenvalue weighted by molar-refractivity contribution is 5.90. The van der Waals surface area contributed by atoms with Gasteiger partial charge in [0.2, 0.25) is 5.91 Å². The highest BCUT2D eigenvalue weighted by Gasteiger charge is 2.20. The second-order valence-corrected chi connectivity index (χ2v) is 2.29. The van der Waals surface area contributed by atoms with Crippen molar-refractivity contribution in [2.75, 3.05) is 6.54 Å². The molecule has 1 unspecified atom stereocenters. The number of carbonyl (C=O) groups excluding carboxylic acids is 2. The van der Waals surface area contributed by atoms with E-state index >= 15 is 0 Å². The SMILES string of the molecule is O=C1CCC(=O)C(O)CN1. The molecule has 0 bridgehead atoms. The third kappa shape index (κ3) is 1.54. The summed E-state index contributed by atoms with van der Waals surface area (Å²) in [5.74, 6) is -0.414. The summed E-state index contributed by atoms with van der Waals surface area (Å²) >= 11 is 0. The average Bonchev–Trinajstić information content (AvgIpc) is 2.04. The van der Waals surface area contributed by atoms with E-state index in [4.69, 9.17) is 5.11 Å². The highest BCUT2D eigenvalue weighted by atomic mass is 16.3. The summed E-state index contributed by atoms with van der Waals surface area (Å²) in [6.07, 6.45) is -0.630. The fourth-order valence-corrected chi connectivity index (χ4v) is 0.816. The van der Waals surface area contributed by atoms with E-state index < -0.39 is 6.10 Å². The van der Waals surface area contributed by atoms with Crippen molar-refractivity contribution in [2.24, 2.45) is 0 Å². The molecule has 1 rings (SSSR count). The lowest BCUT2D eigenvalue weighted by atomic mass is 10.1. The molecule has 1 amide bonds. The van der Waals surface area contributed by atoms with Gasteiger partial charge < -0.3 is 10.4 Å². The Balaban J connectivity index is 2.54. The van der Waals surface area contributed by atoms with E-state index in [-0.39, 0.29) is 31.1 Å². The molecule has 0 aliphatic carbocycles. The maximum Gasteiger partial charge on any atom is 0.220 e. The van der Waals surface area contributed by atoms with Crippen LogP contribution in [0.4, 0.5) is 0 Å². The molecule has 56 valence electrons. The van der Waals surface area contributed by atoms with Crippen molar-refractivity contribution >= 4 is 11.7 Å². The van der Waals surface area contributed by atoms with Gasteiger partial charge in [0.15, 0.2) is 5.78 Å². The highest BCUT2D eigenvalue weighted by Crippen LogP contribution is 1.99. The van der Waals surface area contributed by atoms with Crippen LogP contribution in [0.2, 0.25) is 0 Å². The number of ketones is 1. The Morgan fingerprint density at radius 2 is 2.10 bits per heavy atom. The first-order valence-electron chi connectivity index (χ1n) is 3.17. The first kappa shape index (κ1) is 7.21. The lowest BCUT2D eigenvalue weighted by molar-refractivity contribution is -0.126. The number of Topliss-reactive ketones (excluding diaryl/α,β-unsaturated/α-hetero) is 1. The first-order valence-corrected chi connectivity index (χ1v) is 3.17. The summed E-state index contributed by atoms with van der Waals surface area (Å²) in [5, 5.41) is 11.3. The monoisotopic (exact) mass is 143 g/mol. The average molecular weight is 143 g/mol. The quantitative estimate of drug-likeness (QED) is 0.449. The van der Waals surface area contributed by atoms with E-state index in [1.807, 2.05) is 0 Å². The van der Waals surface area contributed by atoms with E-state index in [1.54, 1.807) is 0 Å². The molecule has 1 atom stereocenters. The standard InChI is InChI=1S/C6H9NO3/c8-4-1-2-6(10)7-3-5(4)9/h5,9H,1-3H2,(H,7,10). The van der Waals surface area contributed by atoms with Gasteiger partial charge in [0.25, 0.3) is 0 Å². The maximum absolute atomic E-state index is 10.7. The lowest BCUT2D eigenvalue weighted by Gasteiger charge is -2.02. The van der Waals surface area contributed by atoms with Crippen LogP contribution in [0.5, 0.6) is 0 Å². The molecule has 1 heterocycles. The van der Waals surface area contributed by atoms with Crippen molar-refractivity contribution in [3.8, 4) is 0 Å². The van der Waals surface area contributed by atoms with Gasteiger partial charge in [0.05, 0.1) is 6.54 Å². The van der Waals surface area contributed by atoms with Crippen LogP contribution in [-0.2, 0) is 9.59 Å². The number of aliphatic hydroxyl groups is 1. The summed E-state index contributed by atoms with van der Waals surface area (Å²) < 4.78 is 0. The van der Waals surface area contributed by atoms with Crippen LogP contribution in [0.25, 0.3) is 0 Å². The molecule has 0 aromatic rings. The van der Waals surface area contributed by atoms with Gasteiger partial charge in [-0.3, -0.25) is 9.59 Å². The van der Waals surface area contributed by atoms with Crippen molar-refractivity contribution in [1.82, 2.24) is 5.32 Å². The number of β-amino-alcohol motifs (C(OH)–C–C–N with tert-alkyl or cyclic N) is 1. The van der Waals surface area contributed by atoms with Crippen LogP contribution in [0.3, 0.4) is 0 Å². The number of amides is 1. The normalized spacial score (nSPS) is 27.5. The predicted octanol–water partition coefficient (Wildman–Crippen LogP) is -1.17. The second kappa shape index (κ2) is 2.79. The molecule has 0 aromatic heterocycles. The Bertz CT molecular complexity index is 166. The lowest BCUT2D eigenvalue weighted by Crippen LogP contribution is -2.31. The van der Waals surface area contributed by atoms with Crippen molar-refractivity contribution < 1.29 is 14.7 Å². The minimum atomic E-state index is -0.994. The first-order chi connectivity index (χ1) is 4.70. The third-order valence-corrected chi connectivity index (χ3v) is 1.46. The van der Waals surface area contributed by atoms with Crippen LogP contribution < -0.4 is 5.32 Å². The summed E-state index contributed by atoms with van der Waals surface area (Å²) in [6, 6.07) is 0. The van der Waals surface area contributed by atoms with E-state index in [2.05, 4.69) is 5.32 Å². The fraction of sp³-hybridized carbons (Fsp3) is 0.667. The Kier molecular flexibility index (Phi) is 2.01. The number of rotatable bonds is 0. The zero-order valence-corrected chi connectivity index (χ0v) is 5.46. The van der Waals surface area contributed by atoms with Crippen molar-refractivity contribution in [3.05, 3.63) is 0 Å². The van der Waals surface area contributed by atoms with Gasteiger partial charge in [-0.25, -0.2) is 0 Å². The molecule has 0 aromatic carbocycles. The zero-order valence-electron chi connectivity index (χ0n) is 5.46. The van der Waals surface area contributed by atoms with Gasteiger partial charge in [-0.2, -0.15) is 0 Å². The molecular weight excluding hydrogens is 134 g/mol. The van der Waals surface area contributed by atoms with Crippen molar-refractivity contribution in [3.63, 3.8) is 0 Å². The van der Waals surface area contributed by atoms with Gasteiger partial charge in [-0.05, 0) is 0 Å². The Morgan fingerprint density at radius 3 is 2.80 bits per heavy atom. The largest absolute Gasteiger partial charge is 0.383 e. The molecule has 1 saturated heterocycles.